The number of amides is 2. The van der Waals surface area contributed by atoms with E-state index in [2.05, 4.69) is 5.32 Å². The summed E-state index contributed by atoms with van der Waals surface area (Å²) in [6.45, 7) is 0.947. The van der Waals surface area contributed by atoms with Crippen molar-refractivity contribution in [2.24, 2.45) is 11.5 Å². The fraction of sp³-hybridized carbons (Fsp3) is 0.562. The van der Waals surface area contributed by atoms with Gasteiger partial charge in [0.15, 0.2) is 11.6 Å². The van der Waals surface area contributed by atoms with Gasteiger partial charge in [-0.15, -0.1) is 24.8 Å². The predicted octanol–water partition coefficient (Wildman–Crippen LogP) is 3.41. The molecule has 2 atom stereocenters. The minimum atomic E-state index is -1.40. The molecule has 2 amide bonds. The lowest BCUT2D eigenvalue weighted by Crippen LogP contribution is -2.51. The Labute approximate surface area is 289 Å². The number of carboxylic acids is 1. The number of benzene rings is 1. The lowest BCUT2D eigenvalue weighted by atomic mass is 10.0. The number of methoxy groups -OCH3 is 1. The highest BCUT2D eigenvalue weighted by atomic mass is 35.5. The normalized spacial score (nSPS) is 19.3. The van der Waals surface area contributed by atoms with Crippen molar-refractivity contribution in [3.63, 3.8) is 0 Å². The number of nitrogens with zero attached hydrogens (tertiary/aromatic N) is 3. The second-order valence-electron chi connectivity index (χ2n) is 12.3. The van der Waals surface area contributed by atoms with Gasteiger partial charge in [0.25, 0.3) is 0 Å². The molecule has 1 saturated carbocycles. The van der Waals surface area contributed by atoms with E-state index in [1.807, 2.05) is 0 Å². The average Bonchev–Trinajstić information content (AvgIpc) is 3.77. The van der Waals surface area contributed by atoms with Gasteiger partial charge in [-0.1, -0.05) is 6.42 Å². The SMILES string of the molecule is COc1c(N2CCC/C(=C(\F)CNC(=O)[C@@H]3CCCN3C(=O)[C@@H](N)CCCCN)C2)c(F)cc2c(=O)c(C(=O)O)cn(C3CC3)c12.Cl.Cl. The molecule has 1 aromatic heterocycles. The van der Waals surface area contributed by atoms with E-state index in [1.165, 1.54) is 18.2 Å². The molecule has 1 aliphatic carbocycles. The lowest BCUT2D eigenvalue weighted by Gasteiger charge is -2.33. The average molecular weight is 718 g/mol. The van der Waals surface area contributed by atoms with Crippen molar-refractivity contribution in [1.29, 1.82) is 0 Å². The van der Waals surface area contributed by atoms with Gasteiger partial charge in [0, 0.05) is 31.9 Å². The topological polar surface area (TPSA) is 173 Å². The third-order valence-corrected chi connectivity index (χ3v) is 9.10. The highest BCUT2D eigenvalue weighted by Gasteiger charge is 2.36. The standard InChI is InChI=1S/C32H42F2N6O6.2ClH/c1-46-29-26-20(28(41)21(32(44)45)17-40(26)19-9-10-19)14-22(33)27(29)38-12-4-6-18(16-38)23(34)15-37-30(42)25-8-5-13-39(25)31(43)24(36)7-2-3-11-35;;/h14,17,19,24-25H,2-13,15-16,35-36H2,1H3,(H,37,42)(H,44,45);2*1H/b23-18+;;/t24-,25-;;/m0../s1. The number of hydrogen-bond acceptors (Lipinski definition) is 8. The molecule has 3 aliphatic rings. The number of ether oxygens (including phenoxy) is 1. The van der Waals surface area contributed by atoms with E-state index in [0.717, 1.165) is 25.3 Å². The van der Waals surface area contributed by atoms with Gasteiger partial charge in [-0.05, 0) is 69.6 Å². The zero-order valence-electron chi connectivity index (χ0n) is 26.8. The van der Waals surface area contributed by atoms with E-state index in [9.17, 15) is 24.3 Å². The van der Waals surface area contributed by atoms with E-state index >= 15 is 8.78 Å². The summed E-state index contributed by atoms with van der Waals surface area (Å²) in [6.07, 6.45) is 6.77. The Balaban J connectivity index is 0.00000312. The van der Waals surface area contributed by atoms with Gasteiger partial charge in [-0.25, -0.2) is 13.6 Å². The van der Waals surface area contributed by atoms with Gasteiger partial charge in [-0.3, -0.25) is 14.4 Å². The number of fused-ring (bicyclic) bond motifs is 1. The Morgan fingerprint density at radius 2 is 1.88 bits per heavy atom. The maximum atomic E-state index is 15.8. The molecular formula is C32H44Cl2F2N6O6. The number of aromatic nitrogens is 1. The van der Waals surface area contributed by atoms with E-state index in [0.29, 0.717) is 69.2 Å². The molecule has 266 valence electrons. The van der Waals surface area contributed by atoms with Crippen molar-refractivity contribution < 1.29 is 33.0 Å². The van der Waals surface area contributed by atoms with E-state index in [4.69, 9.17) is 16.2 Å². The first-order chi connectivity index (χ1) is 22.1. The maximum Gasteiger partial charge on any atom is 0.341 e. The van der Waals surface area contributed by atoms with Gasteiger partial charge < -0.3 is 41.0 Å². The van der Waals surface area contributed by atoms with Crippen LogP contribution in [-0.4, -0.2) is 84.3 Å². The Kier molecular flexibility index (Phi) is 13.6. The van der Waals surface area contributed by atoms with Crippen molar-refractivity contribution in [2.75, 3.05) is 44.7 Å². The zero-order chi connectivity index (χ0) is 33.1. The van der Waals surface area contributed by atoms with E-state index in [1.54, 1.807) is 9.47 Å². The van der Waals surface area contributed by atoms with Crippen LogP contribution in [0, 0.1) is 5.82 Å². The fourth-order valence-corrected chi connectivity index (χ4v) is 6.56. The number of anilines is 1. The first kappa shape index (κ1) is 39.0. The second kappa shape index (κ2) is 16.8. The van der Waals surface area contributed by atoms with Crippen LogP contribution < -0.4 is 31.8 Å². The molecule has 3 heterocycles. The van der Waals surface area contributed by atoms with Crippen molar-refractivity contribution in [1.82, 2.24) is 14.8 Å². The second-order valence-corrected chi connectivity index (χ2v) is 12.3. The van der Waals surface area contributed by atoms with Crippen LogP contribution in [0.1, 0.15) is 74.2 Å². The van der Waals surface area contributed by atoms with Gasteiger partial charge in [-0.2, -0.15) is 0 Å². The van der Waals surface area contributed by atoms with E-state index < -0.39 is 46.6 Å². The molecule has 48 heavy (non-hydrogen) atoms. The number of nitrogens with two attached hydrogens (primary N) is 2. The largest absolute Gasteiger partial charge is 0.492 e. The van der Waals surface area contributed by atoms with Crippen LogP contribution in [0.5, 0.6) is 5.75 Å². The van der Waals surface area contributed by atoms with Crippen molar-refractivity contribution in [2.45, 2.75) is 75.9 Å². The molecule has 6 N–H and O–H groups in total. The number of piperidine rings is 1. The van der Waals surface area contributed by atoms with Crippen LogP contribution in [-0.2, 0) is 9.59 Å². The molecule has 16 heteroatoms. The van der Waals surface area contributed by atoms with Crippen LogP contribution >= 0.6 is 24.8 Å². The number of aromatic carboxylic acids is 1. The summed E-state index contributed by atoms with van der Waals surface area (Å²) in [5.41, 5.74) is 11.1. The third-order valence-electron chi connectivity index (χ3n) is 9.10. The van der Waals surface area contributed by atoms with E-state index in [-0.39, 0.29) is 66.7 Å². The minimum absolute atomic E-state index is 0. The summed E-state index contributed by atoms with van der Waals surface area (Å²) < 4.78 is 38.7. The number of carbonyl (C=O) groups excluding carboxylic acids is 2. The Hall–Kier alpha value is -3.46. The van der Waals surface area contributed by atoms with Crippen LogP contribution in [0.4, 0.5) is 14.5 Å². The summed E-state index contributed by atoms with van der Waals surface area (Å²) in [6, 6.07) is -0.467. The molecule has 0 bridgehead atoms. The number of hydrogen-bond donors (Lipinski definition) is 4. The molecule has 12 nitrogen and oxygen atoms in total. The Morgan fingerprint density at radius 3 is 2.52 bits per heavy atom. The number of carboxylic acid groups (broad SMARTS) is 1. The molecule has 2 aliphatic heterocycles. The third kappa shape index (κ3) is 8.04. The lowest BCUT2D eigenvalue weighted by molar-refractivity contribution is -0.139. The smallest absolute Gasteiger partial charge is 0.341 e. The minimum Gasteiger partial charge on any atom is -0.492 e. The van der Waals surface area contributed by atoms with Gasteiger partial charge >= 0.3 is 5.97 Å². The Bertz CT molecular complexity index is 1620. The first-order valence-corrected chi connectivity index (χ1v) is 15.9. The van der Waals surface area contributed by atoms with Crippen LogP contribution in [0.3, 0.4) is 0 Å². The van der Waals surface area contributed by atoms with Gasteiger partial charge in [0.2, 0.25) is 17.2 Å². The number of nitrogens with one attached hydrogen (secondary N) is 1. The molecule has 3 fully saturated rings. The summed E-state index contributed by atoms with van der Waals surface area (Å²) in [5.74, 6) is -3.40. The summed E-state index contributed by atoms with van der Waals surface area (Å²) in [7, 11) is 1.35. The monoisotopic (exact) mass is 716 g/mol. The molecular weight excluding hydrogens is 673 g/mol. The first-order valence-electron chi connectivity index (χ1n) is 15.9. The molecule has 2 aromatic rings. The summed E-state index contributed by atoms with van der Waals surface area (Å²) in [5, 5.41) is 12.1. The number of halogens is 4. The van der Waals surface area contributed by atoms with Crippen LogP contribution in [0.25, 0.3) is 10.9 Å². The number of rotatable bonds is 12. The molecule has 1 aromatic carbocycles. The number of carbonyl (C=O) groups is 3. The quantitative estimate of drug-likeness (QED) is 0.240. The van der Waals surface area contributed by atoms with Crippen molar-refractivity contribution in [3.05, 3.63) is 45.3 Å². The Morgan fingerprint density at radius 1 is 1.15 bits per heavy atom. The highest BCUT2D eigenvalue weighted by molar-refractivity contribution is 5.97. The van der Waals surface area contributed by atoms with Crippen molar-refractivity contribution in [3.8, 4) is 5.75 Å². The highest BCUT2D eigenvalue weighted by Crippen LogP contribution is 2.44. The fourth-order valence-electron chi connectivity index (χ4n) is 6.56. The molecule has 2 saturated heterocycles. The zero-order valence-corrected chi connectivity index (χ0v) is 28.5. The van der Waals surface area contributed by atoms with Crippen LogP contribution in [0.2, 0.25) is 0 Å². The molecule has 0 radical (unpaired) electrons. The number of pyridine rings is 1. The van der Waals surface area contributed by atoms with Crippen LogP contribution in [0.15, 0.2) is 28.5 Å². The molecule has 5 rings (SSSR count). The molecule has 0 unspecified atom stereocenters. The summed E-state index contributed by atoms with van der Waals surface area (Å²) in [4.78, 5) is 53.9. The maximum absolute atomic E-state index is 15.8. The van der Waals surface area contributed by atoms with Gasteiger partial charge in [0.05, 0.1) is 30.6 Å². The number of unbranched alkanes of at least 4 members (excludes halogenated alkanes) is 1. The summed E-state index contributed by atoms with van der Waals surface area (Å²) >= 11 is 0. The molecule has 0 spiro atoms. The number of likely N-dealkylation sites (tertiary alicyclic amines) is 1. The van der Waals surface area contributed by atoms with Crippen molar-refractivity contribution >= 4 is 59.2 Å². The predicted molar refractivity (Wildman–Crippen MR) is 183 cm³/mol. The van der Waals surface area contributed by atoms with Gasteiger partial charge in [0.1, 0.15) is 23.1 Å².